The van der Waals surface area contributed by atoms with Crippen LogP contribution in [-0.4, -0.2) is 62.9 Å². The summed E-state index contributed by atoms with van der Waals surface area (Å²) in [6.07, 6.45) is 2.70. The van der Waals surface area contributed by atoms with E-state index in [0.717, 1.165) is 25.8 Å². The predicted molar refractivity (Wildman–Crippen MR) is 59.0 cm³/mol. The van der Waals surface area contributed by atoms with E-state index in [2.05, 4.69) is 10.2 Å². The Hall–Kier alpha value is -0.910. The Kier molecular flexibility index (Phi) is 9.05. The molecule has 0 aliphatic carbocycles. The summed E-state index contributed by atoms with van der Waals surface area (Å²) in [5.74, 6) is -0.918. The lowest BCUT2D eigenvalue weighted by Gasteiger charge is -2.09. The Morgan fingerprint density at radius 3 is 2.80 bits per heavy atom. The first-order valence-electron chi connectivity index (χ1n) is 4.95. The number of hydrogen-bond donors (Lipinski definition) is 2. The van der Waals surface area contributed by atoms with Crippen LogP contribution in [0.3, 0.4) is 0 Å². The van der Waals surface area contributed by atoms with Crippen LogP contribution in [0.4, 0.5) is 0 Å². The van der Waals surface area contributed by atoms with Crippen LogP contribution in [0.15, 0.2) is 12.2 Å². The summed E-state index contributed by atoms with van der Waals surface area (Å²) in [4.78, 5) is 12.2. The molecule has 0 aromatic carbocycles. The van der Waals surface area contributed by atoms with Crippen molar-refractivity contribution in [3.05, 3.63) is 12.2 Å². The third-order valence-corrected chi connectivity index (χ3v) is 1.63. The number of rotatable bonds is 9. The molecule has 0 spiro atoms. The van der Waals surface area contributed by atoms with Crippen LogP contribution in [-0.2, 0) is 9.53 Å². The van der Waals surface area contributed by atoms with Crippen LogP contribution in [0, 0.1) is 0 Å². The topological polar surface area (TPSA) is 61.8 Å². The number of carboxylic acid groups (broad SMARTS) is 1. The maximum Gasteiger partial charge on any atom is 0.328 e. The second kappa shape index (κ2) is 9.64. The first-order chi connectivity index (χ1) is 7.13. The molecule has 0 fully saturated rings. The van der Waals surface area contributed by atoms with Crippen molar-refractivity contribution in [1.29, 1.82) is 0 Å². The fourth-order valence-corrected chi connectivity index (χ4v) is 0.839. The molecule has 0 saturated heterocycles. The summed E-state index contributed by atoms with van der Waals surface area (Å²) in [6.45, 7) is 3.58. The largest absolute Gasteiger partial charge is 0.478 e. The van der Waals surface area contributed by atoms with Crippen LogP contribution < -0.4 is 5.32 Å². The van der Waals surface area contributed by atoms with Crippen molar-refractivity contribution in [3.63, 3.8) is 0 Å². The Balaban J connectivity index is 3.08. The van der Waals surface area contributed by atoms with Crippen molar-refractivity contribution < 1.29 is 14.6 Å². The average Bonchev–Trinajstić information content (AvgIpc) is 2.14. The highest BCUT2D eigenvalue weighted by Gasteiger charge is 1.90. The lowest BCUT2D eigenvalue weighted by molar-refractivity contribution is -0.131. The molecular weight excluding hydrogens is 196 g/mol. The van der Waals surface area contributed by atoms with E-state index in [-0.39, 0.29) is 0 Å². The van der Waals surface area contributed by atoms with Crippen LogP contribution in [0.25, 0.3) is 0 Å². The molecule has 0 aromatic heterocycles. The number of aliphatic carboxylic acids is 1. The summed E-state index contributed by atoms with van der Waals surface area (Å²) in [6, 6.07) is 0. The first kappa shape index (κ1) is 14.1. The number of likely N-dealkylation sites (N-methyl/N-ethyl adjacent to an activating group) is 1. The number of ether oxygens (including phenoxy) is 1. The van der Waals surface area contributed by atoms with Gasteiger partial charge in [0.05, 0.1) is 13.2 Å². The van der Waals surface area contributed by atoms with E-state index >= 15 is 0 Å². The molecule has 0 rings (SSSR count). The fourth-order valence-electron chi connectivity index (χ4n) is 0.839. The third-order valence-electron chi connectivity index (χ3n) is 1.63. The van der Waals surface area contributed by atoms with E-state index < -0.39 is 5.97 Å². The van der Waals surface area contributed by atoms with Crippen molar-refractivity contribution in [2.75, 3.05) is 46.9 Å². The summed E-state index contributed by atoms with van der Waals surface area (Å²) < 4.78 is 5.33. The van der Waals surface area contributed by atoms with Gasteiger partial charge in [0.1, 0.15) is 0 Å². The number of nitrogens with one attached hydrogen (secondary N) is 1. The van der Waals surface area contributed by atoms with Crippen LogP contribution in [0.1, 0.15) is 0 Å². The van der Waals surface area contributed by atoms with Gasteiger partial charge in [-0.3, -0.25) is 0 Å². The second-order valence-corrected chi connectivity index (χ2v) is 3.36. The molecule has 88 valence electrons. The highest BCUT2D eigenvalue weighted by molar-refractivity contribution is 5.79. The fraction of sp³-hybridized carbons (Fsp3) is 0.700. The molecule has 0 unspecified atom stereocenters. The minimum Gasteiger partial charge on any atom is -0.478 e. The van der Waals surface area contributed by atoms with Gasteiger partial charge in [0.2, 0.25) is 0 Å². The summed E-state index contributed by atoms with van der Waals surface area (Å²) in [7, 11) is 4.00. The van der Waals surface area contributed by atoms with Gasteiger partial charge in [-0.2, -0.15) is 0 Å². The van der Waals surface area contributed by atoms with Gasteiger partial charge in [0.15, 0.2) is 0 Å². The molecule has 2 N–H and O–H groups in total. The number of nitrogens with zero attached hydrogens (tertiary/aromatic N) is 1. The normalized spacial score (nSPS) is 11.4. The van der Waals surface area contributed by atoms with E-state index in [1.807, 2.05) is 14.1 Å². The zero-order valence-corrected chi connectivity index (χ0v) is 9.40. The molecule has 15 heavy (non-hydrogen) atoms. The maximum atomic E-state index is 10.1. The van der Waals surface area contributed by atoms with Gasteiger partial charge < -0.3 is 20.1 Å². The van der Waals surface area contributed by atoms with Crippen molar-refractivity contribution in [2.45, 2.75) is 0 Å². The highest BCUT2D eigenvalue weighted by Crippen LogP contribution is 1.78. The van der Waals surface area contributed by atoms with Gasteiger partial charge in [-0.05, 0) is 14.1 Å². The lowest BCUT2D eigenvalue weighted by Crippen LogP contribution is -2.23. The average molecular weight is 216 g/mol. The maximum absolute atomic E-state index is 10.1. The highest BCUT2D eigenvalue weighted by atomic mass is 16.5. The molecule has 0 aromatic rings. The Bertz CT molecular complexity index is 193. The number of carboxylic acids is 1. The van der Waals surface area contributed by atoms with Crippen LogP contribution >= 0.6 is 0 Å². The lowest BCUT2D eigenvalue weighted by atomic mass is 10.5. The van der Waals surface area contributed by atoms with E-state index in [1.54, 1.807) is 6.08 Å². The van der Waals surface area contributed by atoms with E-state index in [4.69, 9.17) is 9.84 Å². The smallest absolute Gasteiger partial charge is 0.328 e. The quantitative estimate of drug-likeness (QED) is 0.413. The summed E-state index contributed by atoms with van der Waals surface area (Å²) in [5, 5.41) is 11.3. The van der Waals surface area contributed by atoms with Crippen molar-refractivity contribution in [2.24, 2.45) is 0 Å². The molecule has 0 radical (unpaired) electrons. The minimum atomic E-state index is -0.918. The molecule has 0 amide bonds. The van der Waals surface area contributed by atoms with Gasteiger partial charge >= 0.3 is 5.97 Å². The molecule has 0 aliphatic rings. The predicted octanol–water partition coefficient (Wildman–Crippen LogP) is -0.205. The Morgan fingerprint density at radius 1 is 1.47 bits per heavy atom. The van der Waals surface area contributed by atoms with Gasteiger partial charge in [0.25, 0.3) is 0 Å². The van der Waals surface area contributed by atoms with Crippen molar-refractivity contribution in [1.82, 2.24) is 10.2 Å². The molecule has 0 atom stereocenters. The molecular formula is C10H20N2O3. The SMILES string of the molecule is CN(C)CCOCCNC/C=C/C(=O)O. The van der Waals surface area contributed by atoms with E-state index in [9.17, 15) is 4.79 Å². The zero-order valence-electron chi connectivity index (χ0n) is 9.40. The number of carbonyl (C=O) groups is 1. The molecule has 0 aliphatic heterocycles. The Morgan fingerprint density at radius 2 is 2.20 bits per heavy atom. The van der Waals surface area contributed by atoms with Gasteiger partial charge in [-0.15, -0.1) is 0 Å². The van der Waals surface area contributed by atoms with Crippen molar-refractivity contribution >= 4 is 5.97 Å². The van der Waals surface area contributed by atoms with Gasteiger partial charge in [-0.1, -0.05) is 6.08 Å². The summed E-state index contributed by atoms with van der Waals surface area (Å²) >= 11 is 0. The molecule has 0 heterocycles. The summed E-state index contributed by atoms with van der Waals surface area (Å²) in [5.41, 5.74) is 0. The second-order valence-electron chi connectivity index (χ2n) is 3.36. The van der Waals surface area contributed by atoms with E-state index in [1.165, 1.54) is 0 Å². The number of hydrogen-bond acceptors (Lipinski definition) is 4. The standard InChI is InChI=1S/C10H20N2O3/c1-12(2)7-9-15-8-6-11-5-3-4-10(13)14/h3-4,11H,5-9H2,1-2H3,(H,13,14)/b4-3+. The van der Waals surface area contributed by atoms with Crippen molar-refractivity contribution in [3.8, 4) is 0 Å². The third kappa shape index (κ3) is 13.1. The van der Waals surface area contributed by atoms with E-state index in [0.29, 0.717) is 13.2 Å². The minimum absolute atomic E-state index is 0.559. The molecule has 5 nitrogen and oxygen atoms in total. The zero-order chi connectivity index (χ0) is 11.5. The Labute approximate surface area is 90.7 Å². The van der Waals surface area contributed by atoms with Crippen LogP contribution in [0.5, 0.6) is 0 Å². The van der Waals surface area contributed by atoms with Gasteiger partial charge in [-0.25, -0.2) is 4.79 Å². The first-order valence-corrected chi connectivity index (χ1v) is 4.95. The van der Waals surface area contributed by atoms with Gasteiger partial charge in [0, 0.05) is 25.7 Å². The molecule has 0 bridgehead atoms. The van der Waals surface area contributed by atoms with Crippen LogP contribution in [0.2, 0.25) is 0 Å². The molecule has 5 heteroatoms. The monoisotopic (exact) mass is 216 g/mol. The molecule has 0 saturated carbocycles.